The molecule has 3 aromatic heterocycles. The van der Waals surface area contributed by atoms with Crippen LogP contribution in [0.4, 0.5) is 17.1 Å². The van der Waals surface area contributed by atoms with Crippen molar-refractivity contribution in [2.45, 2.75) is 40.0 Å². The average molecular weight is 1060 g/mol. The Bertz CT molecular complexity index is 3630. The first-order valence-corrected chi connectivity index (χ1v) is 22.9. The van der Waals surface area contributed by atoms with Gasteiger partial charge in [0.1, 0.15) is 5.82 Å². The van der Waals surface area contributed by atoms with Crippen molar-refractivity contribution in [2.24, 2.45) is 0 Å². The summed E-state index contributed by atoms with van der Waals surface area (Å²) in [6, 6.07) is 68.0. The van der Waals surface area contributed by atoms with Crippen LogP contribution in [-0.4, -0.2) is 21.2 Å². The van der Waals surface area contributed by atoms with Crippen LogP contribution in [-0.2, 0) is 26.5 Å². The van der Waals surface area contributed by atoms with Gasteiger partial charge in [0.2, 0.25) is 0 Å². The Kier molecular flexibility index (Phi) is 10.6. The smallest absolute Gasteiger partial charge is 0.137 e. The molecule has 0 saturated carbocycles. The zero-order chi connectivity index (χ0) is 45.6. The molecule has 0 atom stereocenters. The molecule has 0 fully saturated rings. The van der Waals surface area contributed by atoms with Crippen LogP contribution < -0.4 is 14.5 Å². The van der Waals surface area contributed by atoms with Gasteiger partial charge in [-0.2, -0.15) is 12.7 Å². The van der Waals surface area contributed by atoms with E-state index in [9.17, 15) is 0 Å². The maximum atomic E-state index is 6.83. The van der Waals surface area contributed by atoms with Crippen molar-refractivity contribution in [3.8, 4) is 45.3 Å². The summed E-state index contributed by atoms with van der Waals surface area (Å²) < 4.78 is 11.5. The van der Waals surface area contributed by atoms with E-state index in [-0.39, 0.29) is 26.5 Å². The number of nitrogens with zero attached hydrogens (tertiary/aromatic N) is 5. The first-order chi connectivity index (χ1) is 32.6. The average Bonchev–Trinajstić information content (AvgIpc) is 3.98. The van der Waals surface area contributed by atoms with E-state index in [1.807, 2.05) is 12.3 Å². The van der Waals surface area contributed by atoms with E-state index in [0.717, 1.165) is 67.0 Å². The first kappa shape index (κ1) is 43.2. The molecule has 12 rings (SSSR count). The van der Waals surface area contributed by atoms with Crippen molar-refractivity contribution in [1.82, 2.24) is 14.1 Å². The third kappa shape index (κ3) is 7.26. The predicted molar refractivity (Wildman–Crippen MR) is 277 cm³/mol. The van der Waals surface area contributed by atoms with E-state index < -0.39 is 0 Å². The van der Waals surface area contributed by atoms with Crippen molar-refractivity contribution in [1.29, 1.82) is 0 Å². The third-order valence-electron chi connectivity index (χ3n) is 13.2. The molecule has 0 aliphatic carbocycles. The van der Waals surface area contributed by atoms with Gasteiger partial charge in [0.25, 0.3) is 0 Å². The van der Waals surface area contributed by atoms with E-state index >= 15 is 0 Å². The fourth-order valence-electron chi connectivity index (χ4n) is 10.1. The Morgan fingerprint density at radius 1 is 0.559 bits per heavy atom. The van der Waals surface area contributed by atoms with Crippen molar-refractivity contribution in [3.63, 3.8) is 0 Å². The molecule has 1 aliphatic rings. The number of rotatable bonds is 7. The van der Waals surface area contributed by atoms with Crippen LogP contribution in [0.1, 0.15) is 37.5 Å². The standard InChI is InChI=1S/C61H48N5O.Pt/c1-39-29-50(41-17-9-7-10-18-41)59-52(31-39)53-32-40(2)30-51(42-19-11-8-12-20-42)60(53)65(59)44-27-28-62-58(36-44)66-54-22-14-13-21-48(54)49-26-25-46(37-57(49)66)67-47-34-43(61(3,4)5)33-45(35-47)64-38-63(6)55-23-15-16-24-56(55)64;/h7-34,36,38H,1-6H3;/q-3;. The summed E-state index contributed by atoms with van der Waals surface area (Å²) in [6.07, 6.45) is 1.94. The summed E-state index contributed by atoms with van der Waals surface area (Å²) in [4.78, 5) is 9.47. The van der Waals surface area contributed by atoms with Crippen molar-refractivity contribution < 1.29 is 25.8 Å². The number of hydrogen-bond donors (Lipinski definition) is 0. The summed E-state index contributed by atoms with van der Waals surface area (Å²) >= 11 is 0. The largest absolute Gasteiger partial charge is 0.509 e. The number of benzene rings is 8. The minimum atomic E-state index is -0.137. The molecule has 6 nitrogen and oxygen atoms in total. The van der Waals surface area contributed by atoms with Crippen LogP contribution >= 0.6 is 0 Å². The van der Waals surface area contributed by atoms with Crippen LogP contribution in [0.25, 0.3) is 77.4 Å². The Morgan fingerprint density at radius 2 is 1.18 bits per heavy atom. The van der Waals surface area contributed by atoms with E-state index in [0.29, 0.717) is 11.5 Å². The number of fused-ring (bicyclic) bond motifs is 7. The molecule has 0 spiro atoms. The minimum Gasteiger partial charge on any atom is -0.509 e. The van der Waals surface area contributed by atoms with Gasteiger partial charge in [-0.25, -0.2) is 4.98 Å². The Labute approximate surface area is 411 Å². The van der Waals surface area contributed by atoms with E-state index in [1.54, 1.807) is 0 Å². The number of pyridine rings is 1. The van der Waals surface area contributed by atoms with Crippen LogP contribution in [0, 0.1) is 32.6 Å². The molecular weight excluding hydrogens is 1010 g/mol. The summed E-state index contributed by atoms with van der Waals surface area (Å²) in [5, 5.41) is 4.61. The van der Waals surface area contributed by atoms with Gasteiger partial charge in [-0.3, -0.25) is 0 Å². The molecule has 4 heterocycles. The van der Waals surface area contributed by atoms with Crippen LogP contribution in [0.15, 0.2) is 176 Å². The van der Waals surface area contributed by atoms with Gasteiger partial charge in [-0.05, 0) is 102 Å². The number of ether oxygens (including phenoxy) is 1. The van der Waals surface area contributed by atoms with Crippen molar-refractivity contribution >= 4 is 60.7 Å². The third-order valence-corrected chi connectivity index (χ3v) is 13.2. The monoisotopic (exact) mass is 1060 g/mol. The van der Waals surface area contributed by atoms with E-state index in [1.165, 1.54) is 44.2 Å². The quantitative estimate of drug-likeness (QED) is 0.149. The first-order valence-electron chi connectivity index (χ1n) is 22.9. The molecule has 0 N–H and O–H groups in total. The van der Waals surface area contributed by atoms with Gasteiger partial charge in [-0.15, -0.1) is 47.0 Å². The molecule has 8 aromatic carbocycles. The number of anilines is 3. The molecule has 11 aromatic rings. The van der Waals surface area contributed by atoms with Gasteiger partial charge in [-0.1, -0.05) is 117 Å². The molecular formula is C61H48N5OPt-3. The number of aryl methyl sites for hydroxylation is 2. The molecule has 336 valence electrons. The summed E-state index contributed by atoms with van der Waals surface area (Å²) in [5.41, 5.74) is 16.5. The zero-order valence-electron chi connectivity index (χ0n) is 38.8. The predicted octanol–water partition coefficient (Wildman–Crippen LogP) is 15.6. The Balaban J connectivity index is 0.00000507. The minimum absolute atomic E-state index is 0. The van der Waals surface area contributed by atoms with Crippen LogP contribution in [0.5, 0.6) is 11.5 Å². The van der Waals surface area contributed by atoms with Crippen molar-refractivity contribution in [2.75, 3.05) is 16.8 Å². The van der Waals surface area contributed by atoms with E-state index in [4.69, 9.17) is 9.72 Å². The molecule has 0 amide bonds. The molecule has 0 radical (unpaired) electrons. The van der Waals surface area contributed by atoms with E-state index in [2.05, 4.69) is 243 Å². The second kappa shape index (κ2) is 16.7. The fraction of sp³-hybridized carbons (Fsp3) is 0.115. The molecule has 0 unspecified atom stereocenters. The molecule has 7 heteroatoms. The van der Waals surface area contributed by atoms with Crippen LogP contribution in [0.3, 0.4) is 0 Å². The molecule has 68 heavy (non-hydrogen) atoms. The summed E-state index contributed by atoms with van der Waals surface area (Å²) in [7, 11) is 2.08. The van der Waals surface area contributed by atoms with Crippen molar-refractivity contribution in [3.05, 3.63) is 212 Å². The maximum Gasteiger partial charge on any atom is 0.137 e. The maximum absolute atomic E-state index is 6.83. The Morgan fingerprint density at radius 3 is 1.84 bits per heavy atom. The van der Waals surface area contributed by atoms with Crippen LogP contribution in [0.2, 0.25) is 0 Å². The molecule has 0 saturated heterocycles. The summed E-state index contributed by atoms with van der Waals surface area (Å²) in [6.45, 7) is 13.2. The summed E-state index contributed by atoms with van der Waals surface area (Å²) in [5.74, 6) is 2.00. The second-order valence-electron chi connectivity index (χ2n) is 18.9. The molecule has 1 aliphatic heterocycles. The molecule has 0 bridgehead atoms. The van der Waals surface area contributed by atoms with Gasteiger partial charge >= 0.3 is 0 Å². The van der Waals surface area contributed by atoms with Gasteiger partial charge in [0.05, 0.1) is 16.7 Å². The SMILES string of the molecule is Cc1cc(-c2ccccc2)c2c(c1)c1cc(C)cc(-c3ccccc3)c1n2-c1ccnc(-n2c3[c-]c(Oc4[c-]c(N5[CH-]N(C)c6ccccc65)cc(C(C)(C)C)c4)ccc3c3ccccc32)c1.[Pt]. The topological polar surface area (TPSA) is 38.5 Å². The van der Waals surface area contributed by atoms with Gasteiger partial charge < -0.3 is 23.7 Å². The number of aromatic nitrogens is 3. The fourth-order valence-corrected chi connectivity index (χ4v) is 10.1. The zero-order valence-corrected chi connectivity index (χ0v) is 41.1. The number of para-hydroxylation sites is 3. The number of hydrogen-bond acceptors (Lipinski definition) is 4. The van der Waals surface area contributed by atoms with Gasteiger partial charge in [0.15, 0.2) is 0 Å². The van der Waals surface area contributed by atoms with Gasteiger partial charge in [0, 0.05) is 83.6 Å². The Hall–Kier alpha value is -7.40. The normalized spacial score (nSPS) is 12.6. The second-order valence-corrected chi connectivity index (χ2v) is 18.9.